The minimum atomic E-state index is 0.103. The van der Waals surface area contributed by atoms with Crippen molar-refractivity contribution in [1.29, 1.82) is 0 Å². The van der Waals surface area contributed by atoms with Gasteiger partial charge in [-0.1, -0.05) is 25.3 Å². The molecule has 2 aliphatic rings. The number of likely N-dealkylation sites (tertiary alicyclic amines) is 1. The second-order valence-corrected chi connectivity index (χ2v) is 7.30. The molecule has 1 saturated carbocycles. The van der Waals surface area contributed by atoms with Gasteiger partial charge in [-0.25, -0.2) is 0 Å². The van der Waals surface area contributed by atoms with Crippen LogP contribution in [0.5, 0.6) is 0 Å². The van der Waals surface area contributed by atoms with Crippen molar-refractivity contribution in [3.63, 3.8) is 0 Å². The van der Waals surface area contributed by atoms with Crippen LogP contribution in [-0.4, -0.2) is 36.3 Å². The Bertz CT molecular complexity index is 617. The Hall–Kier alpha value is -2.04. The van der Waals surface area contributed by atoms with Crippen molar-refractivity contribution in [3.05, 3.63) is 23.8 Å². The molecule has 1 aromatic carbocycles. The maximum atomic E-state index is 12.5. The van der Waals surface area contributed by atoms with E-state index in [1.54, 1.807) is 0 Å². The van der Waals surface area contributed by atoms with E-state index in [1.165, 1.54) is 19.3 Å². The average molecular weight is 343 g/mol. The van der Waals surface area contributed by atoms with Crippen molar-refractivity contribution in [2.75, 3.05) is 30.3 Å². The molecule has 25 heavy (non-hydrogen) atoms. The zero-order chi connectivity index (χ0) is 17.6. The van der Waals surface area contributed by atoms with Crippen LogP contribution in [0.3, 0.4) is 0 Å². The number of aryl methyl sites for hydroxylation is 1. The summed E-state index contributed by atoms with van der Waals surface area (Å²) >= 11 is 0. The first-order chi connectivity index (χ1) is 12.1. The standard InChI is InChI=1S/C20H29N3O2/c1-15-7-10-17(22-20(25)16-8-9-16)13-18(15)21-14-19(24)23-11-5-3-2-4-6-12-23/h7,10,13,16,21H,2-6,8-9,11-12,14H2,1H3,(H,22,25). The predicted octanol–water partition coefficient (Wildman–Crippen LogP) is 3.55. The molecule has 5 heteroatoms. The number of benzene rings is 1. The maximum absolute atomic E-state index is 12.5. The molecule has 2 N–H and O–H groups in total. The number of anilines is 2. The summed E-state index contributed by atoms with van der Waals surface area (Å²) in [7, 11) is 0. The van der Waals surface area contributed by atoms with Gasteiger partial charge in [0.05, 0.1) is 6.54 Å². The van der Waals surface area contributed by atoms with E-state index in [0.29, 0.717) is 6.54 Å². The first kappa shape index (κ1) is 17.8. The molecule has 1 aromatic rings. The third-order valence-corrected chi connectivity index (χ3v) is 5.09. The van der Waals surface area contributed by atoms with Gasteiger partial charge in [-0.15, -0.1) is 0 Å². The van der Waals surface area contributed by atoms with Crippen molar-refractivity contribution < 1.29 is 9.59 Å². The number of rotatable bonds is 5. The lowest BCUT2D eigenvalue weighted by molar-refractivity contribution is -0.129. The van der Waals surface area contributed by atoms with E-state index in [1.807, 2.05) is 30.0 Å². The van der Waals surface area contributed by atoms with Gasteiger partial charge >= 0.3 is 0 Å². The summed E-state index contributed by atoms with van der Waals surface area (Å²) < 4.78 is 0. The van der Waals surface area contributed by atoms with Gasteiger partial charge in [-0.2, -0.15) is 0 Å². The maximum Gasteiger partial charge on any atom is 0.241 e. The minimum absolute atomic E-state index is 0.103. The van der Waals surface area contributed by atoms with E-state index >= 15 is 0 Å². The van der Waals surface area contributed by atoms with Gasteiger partial charge in [0.25, 0.3) is 0 Å². The smallest absolute Gasteiger partial charge is 0.241 e. The normalized spacial score (nSPS) is 18.2. The fourth-order valence-corrected chi connectivity index (χ4v) is 3.26. The molecule has 1 aliphatic heterocycles. The number of amides is 2. The van der Waals surface area contributed by atoms with Crippen LogP contribution < -0.4 is 10.6 Å². The second-order valence-electron chi connectivity index (χ2n) is 7.30. The Morgan fingerprint density at radius 3 is 2.44 bits per heavy atom. The zero-order valence-electron chi connectivity index (χ0n) is 15.1. The molecule has 3 rings (SSSR count). The van der Waals surface area contributed by atoms with Crippen LogP contribution in [-0.2, 0) is 9.59 Å². The van der Waals surface area contributed by atoms with E-state index in [2.05, 4.69) is 10.6 Å². The van der Waals surface area contributed by atoms with Gasteiger partial charge in [0.2, 0.25) is 11.8 Å². The molecule has 0 unspecified atom stereocenters. The number of nitrogens with one attached hydrogen (secondary N) is 2. The fraction of sp³-hybridized carbons (Fsp3) is 0.600. The van der Waals surface area contributed by atoms with Crippen LogP contribution in [0.4, 0.5) is 11.4 Å². The van der Waals surface area contributed by atoms with E-state index in [9.17, 15) is 9.59 Å². The molecule has 5 nitrogen and oxygen atoms in total. The monoisotopic (exact) mass is 343 g/mol. The van der Waals surface area contributed by atoms with E-state index < -0.39 is 0 Å². The van der Waals surface area contributed by atoms with Crippen LogP contribution in [0.2, 0.25) is 0 Å². The number of carbonyl (C=O) groups is 2. The largest absolute Gasteiger partial charge is 0.376 e. The SMILES string of the molecule is Cc1ccc(NC(=O)C2CC2)cc1NCC(=O)N1CCCCCCC1. The lowest BCUT2D eigenvalue weighted by Gasteiger charge is -2.25. The summed E-state index contributed by atoms with van der Waals surface area (Å²) in [6, 6.07) is 5.82. The van der Waals surface area contributed by atoms with Gasteiger partial charge in [0.1, 0.15) is 0 Å². The minimum Gasteiger partial charge on any atom is -0.376 e. The molecule has 2 fully saturated rings. The first-order valence-electron chi connectivity index (χ1n) is 9.56. The van der Waals surface area contributed by atoms with Crippen LogP contribution >= 0.6 is 0 Å². The van der Waals surface area contributed by atoms with Crippen molar-refractivity contribution in [2.45, 2.75) is 51.9 Å². The van der Waals surface area contributed by atoms with Crippen LogP contribution in [0.1, 0.15) is 50.5 Å². The van der Waals surface area contributed by atoms with Crippen LogP contribution in [0.15, 0.2) is 18.2 Å². The van der Waals surface area contributed by atoms with Gasteiger partial charge < -0.3 is 15.5 Å². The molecular weight excluding hydrogens is 314 g/mol. The predicted molar refractivity (Wildman–Crippen MR) is 101 cm³/mol. The lowest BCUT2D eigenvalue weighted by atomic mass is 10.1. The molecular formula is C20H29N3O2. The molecule has 1 saturated heterocycles. The fourth-order valence-electron chi connectivity index (χ4n) is 3.26. The Kier molecular flexibility index (Phi) is 5.95. The number of nitrogens with zero attached hydrogens (tertiary/aromatic N) is 1. The molecule has 1 heterocycles. The zero-order valence-corrected chi connectivity index (χ0v) is 15.1. The topological polar surface area (TPSA) is 61.4 Å². The molecule has 0 aromatic heterocycles. The van der Waals surface area contributed by atoms with Crippen LogP contribution in [0, 0.1) is 12.8 Å². The molecule has 0 atom stereocenters. The van der Waals surface area contributed by atoms with E-state index in [0.717, 1.165) is 55.7 Å². The molecule has 0 radical (unpaired) electrons. The Morgan fingerprint density at radius 1 is 1.08 bits per heavy atom. The van der Waals surface area contributed by atoms with Crippen molar-refractivity contribution in [2.24, 2.45) is 5.92 Å². The average Bonchev–Trinajstić information content (AvgIpc) is 3.39. The summed E-state index contributed by atoms with van der Waals surface area (Å²) in [5, 5.41) is 6.23. The molecule has 1 aliphatic carbocycles. The summed E-state index contributed by atoms with van der Waals surface area (Å²) in [5.74, 6) is 0.451. The Morgan fingerprint density at radius 2 is 1.76 bits per heavy atom. The second kappa shape index (κ2) is 8.37. The summed E-state index contributed by atoms with van der Waals surface area (Å²) in [6.07, 6.45) is 7.93. The third kappa shape index (κ3) is 5.21. The third-order valence-electron chi connectivity index (χ3n) is 5.09. The highest BCUT2D eigenvalue weighted by atomic mass is 16.2. The Balaban J connectivity index is 1.55. The quantitative estimate of drug-likeness (QED) is 0.859. The molecule has 0 bridgehead atoms. The summed E-state index contributed by atoms with van der Waals surface area (Å²) in [5.41, 5.74) is 2.78. The number of carbonyl (C=O) groups excluding carboxylic acids is 2. The van der Waals surface area contributed by atoms with Gasteiger partial charge in [-0.3, -0.25) is 9.59 Å². The van der Waals surface area contributed by atoms with Crippen molar-refractivity contribution in [3.8, 4) is 0 Å². The van der Waals surface area contributed by atoms with Gasteiger partial charge in [-0.05, 0) is 50.3 Å². The number of hydrogen-bond acceptors (Lipinski definition) is 3. The molecule has 136 valence electrons. The lowest BCUT2D eigenvalue weighted by Crippen LogP contribution is -2.37. The van der Waals surface area contributed by atoms with E-state index in [4.69, 9.17) is 0 Å². The molecule has 2 amide bonds. The highest BCUT2D eigenvalue weighted by Gasteiger charge is 2.29. The van der Waals surface area contributed by atoms with E-state index in [-0.39, 0.29) is 17.7 Å². The highest BCUT2D eigenvalue weighted by molar-refractivity contribution is 5.94. The van der Waals surface area contributed by atoms with Crippen LogP contribution in [0.25, 0.3) is 0 Å². The first-order valence-corrected chi connectivity index (χ1v) is 9.56. The number of hydrogen-bond donors (Lipinski definition) is 2. The summed E-state index contributed by atoms with van der Waals surface area (Å²) in [4.78, 5) is 26.4. The van der Waals surface area contributed by atoms with Crippen molar-refractivity contribution in [1.82, 2.24) is 4.90 Å². The highest BCUT2D eigenvalue weighted by Crippen LogP contribution is 2.30. The van der Waals surface area contributed by atoms with Gasteiger partial charge in [0.15, 0.2) is 0 Å². The summed E-state index contributed by atoms with van der Waals surface area (Å²) in [6.45, 7) is 4.06. The van der Waals surface area contributed by atoms with Gasteiger partial charge in [0, 0.05) is 30.4 Å². The van der Waals surface area contributed by atoms with Crippen molar-refractivity contribution >= 4 is 23.2 Å². The Labute approximate surface area is 150 Å². The molecule has 0 spiro atoms.